The van der Waals surface area contributed by atoms with Crippen LogP contribution in [0.2, 0.25) is 0 Å². The molecule has 1 atom stereocenters. The first-order chi connectivity index (χ1) is 15.9. The minimum atomic E-state index is -0.612. The summed E-state index contributed by atoms with van der Waals surface area (Å²) in [6, 6.07) is 0. The Labute approximate surface area is 193 Å². The molecule has 1 saturated carbocycles. The molecule has 1 aliphatic heterocycles. The van der Waals surface area contributed by atoms with Gasteiger partial charge in [0, 0.05) is 25.9 Å². The van der Waals surface area contributed by atoms with Crippen molar-refractivity contribution in [3.8, 4) is 0 Å². The largest absolute Gasteiger partial charge is 0.350 e. The lowest BCUT2D eigenvalue weighted by molar-refractivity contribution is -0.155. The number of rotatable bonds is 11. The molecular weight excluding hydrogens is 429 g/mol. The highest BCUT2D eigenvalue weighted by atomic mass is 19.1. The third kappa shape index (κ3) is 7.18. The third-order valence-electron chi connectivity index (χ3n) is 6.56. The summed E-state index contributed by atoms with van der Waals surface area (Å²) in [5.74, 6) is -0.820. The predicted octanol–water partition coefficient (Wildman–Crippen LogP) is 2.14. The van der Waals surface area contributed by atoms with Gasteiger partial charge in [0.2, 0.25) is 18.2 Å². The number of hydroxylamine groups is 2. The second-order valence-electron chi connectivity index (χ2n) is 9.09. The topological polar surface area (TPSA) is 116 Å². The van der Waals surface area contributed by atoms with Gasteiger partial charge >= 0.3 is 0 Å². The first kappa shape index (κ1) is 25.0. The molecule has 33 heavy (non-hydrogen) atoms. The number of hydrogen-bond acceptors (Lipinski definition) is 6. The first-order valence-corrected chi connectivity index (χ1v) is 11.9. The Balaban J connectivity index is 1.61. The summed E-state index contributed by atoms with van der Waals surface area (Å²) in [5.41, 5.74) is 0.236. The van der Waals surface area contributed by atoms with Crippen LogP contribution in [0.4, 0.5) is 4.39 Å². The van der Waals surface area contributed by atoms with E-state index in [1.165, 1.54) is 0 Å². The molecule has 10 heteroatoms. The monoisotopic (exact) mass is 463 g/mol. The van der Waals surface area contributed by atoms with E-state index in [-0.39, 0.29) is 55.5 Å². The van der Waals surface area contributed by atoms with Crippen LogP contribution in [0.15, 0.2) is 0 Å². The molecule has 1 saturated heterocycles. The second kappa shape index (κ2) is 12.0. The molecule has 1 aromatic rings. The molecule has 1 aliphatic carbocycles. The van der Waals surface area contributed by atoms with Gasteiger partial charge in [0.15, 0.2) is 5.82 Å². The molecule has 0 bridgehead atoms. The van der Waals surface area contributed by atoms with Crippen LogP contribution in [0.1, 0.15) is 68.6 Å². The second-order valence-corrected chi connectivity index (χ2v) is 9.09. The Hall–Kier alpha value is -2.62. The van der Waals surface area contributed by atoms with Crippen LogP contribution in [0.5, 0.6) is 0 Å². The number of hydrogen-bond donors (Lipinski definition) is 2. The summed E-state index contributed by atoms with van der Waals surface area (Å²) in [6.07, 6.45) is 7.47. The highest BCUT2D eigenvalue weighted by molar-refractivity contribution is 5.79. The van der Waals surface area contributed by atoms with Gasteiger partial charge < -0.3 is 10.2 Å². The maximum atomic E-state index is 15.0. The fourth-order valence-corrected chi connectivity index (χ4v) is 4.81. The van der Waals surface area contributed by atoms with Crippen molar-refractivity contribution in [3.63, 3.8) is 0 Å². The first-order valence-electron chi connectivity index (χ1n) is 11.9. The minimum absolute atomic E-state index is 0.00323. The van der Waals surface area contributed by atoms with E-state index in [0.717, 1.165) is 51.6 Å². The fraction of sp³-hybridized carbons (Fsp3) is 0.696. The maximum Gasteiger partial charge on any atom is 0.233 e. The summed E-state index contributed by atoms with van der Waals surface area (Å²) in [7, 11) is 0. The molecule has 182 valence electrons. The van der Waals surface area contributed by atoms with E-state index in [2.05, 4.69) is 15.3 Å². The van der Waals surface area contributed by atoms with Crippen LogP contribution in [0, 0.1) is 24.6 Å². The number of likely N-dealkylation sites (tertiary alicyclic amines) is 1. The Morgan fingerprint density at radius 2 is 1.88 bits per heavy atom. The zero-order valence-electron chi connectivity index (χ0n) is 19.3. The van der Waals surface area contributed by atoms with Gasteiger partial charge in [-0.25, -0.2) is 19.4 Å². The lowest BCUT2D eigenvalue weighted by Gasteiger charge is -2.22. The van der Waals surface area contributed by atoms with E-state index < -0.39 is 11.7 Å². The SMILES string of the molecule is Cc1nc(CCC(=O)N2CCCC2)c(F)c(CNC(=O)[C@H](CC2CCCC2)CN(O)C=O)n1. The van der Waals surface area contributed by atoms with Gasteiger partial charge in [-0.15, -0.1) is 0 Å². The molecule has 0 radical (unpaired) electrons. The smallest absolute Gasteiger partial charge is 0.233 e. The molecule has 3 rings (SSSR count). The van der Waals surface area contributed by atoms with E-state index in [9.17, 15) is 19.6 Å². The van der Waals surface area contributed by atoms with E-state index in [1.54, 1.807) is 11.8 Å². The van der Waals surface area contributed by atoms with Crippen LogP contribution in [-0.2, 0) is 27.3 Å². The zero-order valence-corrected chi connectivity index (χ0v) is 19.3. The highest BCUT2D eigenvalue weighted by Crippen LogP contribution is 2.30. The average molecular weight is 464 g/mol. The molecule has 3 amide bonds. The number of aryl methyl sites for hydroxylation is 2. The van der Waals surface area contributed by atoms with Gasteiger partial charge in [-0.1, -0.05) is 25.7 Å². The minimum Gasteiger partial charge on any atom is -0.350 e. The summed E-state index contributed by atoms with van der Waals surface area (Å²) in [5, 5.41) is 12.8. The Morgan fingerprint density at radius 3 is 2.55 bits per heavy atom. The van der Waals surface area contributed by atoms with Gasteiger partial charge in [-0.05, 0) is 32.1 Å². The molecular formula is C23H34FN5O4. The number of carbonyl (C=O) groups is 3. The lowest BCUT2D eigenvalue weighted by atomic mass is 9.92. The summed E-state index contributed by atoms with van der Waals surface area (Å²) in [4.78, 5) is 46.1. The quantitative estimate of drug-likeness (QED) is 0.295. The van der Waals surface area contributed by atoms with Crippen molar-refractivity contribution in [1.82, 2.24) is 25.2 Å². The highest BCUT2D eigenvalue weighted by Gasteiger charge is 2.27. The molecule has 2 fully saturated rings. The number of amides is 3. The molecule has 2 N–H and O–H groups in total. The zero-order chi connectivity index (χ0) is 23.8. The van der Waals surface area contributed by atoms with Crippen molar-refractivity contribution in [3.05, 3.63) is 23.0 Å². The summed E-state index contributed by atoms with van der Waals surface area (Å²) < 4.78 is 15.0. The fourth-order valence-electron chi connectivity index (χ4n) is 4.81. The van der Waals surface area contributed by atoms with Crippen LogP contribution in [0.3, 0.4) is 0 Å². The third-order valence-corrected chi connectivity index (χ3v) is 6.56. The van der Waals surface area contributed by atoms with Gasteiger partial charge in [-0.2, -0.15) is 0 Å². The van der Waals surface area contributed by atoms with Crippen LogP contribution in [0.25, 0.3) is 0 Å². The van der Waals surface area contributed by atoms with Gasteiger partial charge in [-0.3, -0.25) is 19.6 Å². The summed E-state index contributed by atoms with van der Waals surface area (Å²) >= 11 is 0. The Kier molecular flexibility index (Phi) is 9.11. The molecule has 1 aromatic heterocycles. The number of nitrogens with one attached hydrogen (secondary N) is 1. The maximum absolute atomic E-state index is 15.0. The van der Waals surface area contributed by atoms with Crippen molar-refractivity contribution in [1.29, 1.82) is 0 Å². The molecule has 0 spiro atoms. The Bertz CT molecular complexity index is 840. The van der Waals surface area contributed by atoms with E-state index >= 15 is 4.39 Å². The standard InChI is InChI=1S/C23H34FN5O4/c1-16-26-19(8-9-21(31)28-10-4-5-11-28)22(24)20(27-16)13-25-23(32)18(14-29(33)15-30)12-17-6-2-3-7-17/h15,17-18,33H,2-14H2,1H3,(H,25,32)/t18-/m1/s1. The van der Waals surface area contributed by atoms with Crippen molar-refractivity contribution in [2.75, 3.05) is 19.6 Å². The average Bonchev–Trinajstić information content (AvgIpc) is 3.51. The van der Waals surface area contributed by atoms with Gasteiger partial charge in [0.1, 0.15) is 5.82 Å². The Morgan fingerprint density at radius 1 is 1.21 bits per heavy atom. The molecule has 2 heterocycles. The number of nitrogens with zero attached hydrogens (tertiary/aromatic N) is 4. The molecule has 2 aliphatic rings. The van der Waals surface area contributed by atoms with Crippen LogP contribution >= 0.6 is 0 Å². The van der Waals surface area contributed by atoms with E-state index in [1.807, 2.05) is 0 Å². The van der Waals surface area contributed by atoms with Crippen LogP contribution in [-0.4, -0.2) is 63.0 Å². The van der Waals surface area contributed by atoms with Crippen molar-refractivity contribution >= 4 is 18.2 Å². The van der Waals surface area contributed by atoms with E-state index in [0.29, 0.717) is 23.2 Å². The van der Waals surface area contributed by atoms with E-state index in [4.69, 9.17) is 0 Å². The molecule has 9 nitrogen and oxygen atoms in total. The van der Waals surface area contributed by atoms with Crippen LogP contribution < -0.4 is 5.32 Å². The number of aromatic nitrogens is 2. The lowest BCUT2D eigenvalue weighted by Crippen LogP contribution is -2.38. The normalized spacial score (nSPS) is 17.2. The molecule has 0 aromatic carbocycles. The number of carbonyl (C=O) groups excluding carboxylic acids is 3. The number of halogens is 1. The van der Waals surface area contributed by atoms with Crippen molar-refractivity contribution in [2.24, 2.45) is 11.8 Å². The van der Waals surface area contributed by atoms with Gasteiger partial charge in [0.05, 0.1) is 30.4 Å². The van der Waals surface area contributed by atoms with Crippen molar-refractivity contribution in [2.45, 2.75) is 71.3 Å². The van der Waals surface area contributed by atoms with Crippen molar-refractivity contribution < 1.29 is 24.0 Å². The molecule has 0 unspecified atom stereocenters. The predicted molar refractivity (Wildman–Crippen MR) is 117 cm³/mol. The summed E-state index contributed by atoms with van der Waals surface area (Å²) in [6.45, 7) is 2.90. The van der Waals surface area contributed by atoms with Gasteiger partial charge in [0.25, 0.3) is 0 Å².